The van der Waals surface area contributed by atoms with Gasteiger partial charge in [-0.2, -0.15) is 0 Å². The van der Waals surface area contributed by atoms with E-state index in [1.54, 1.807) is 9.80 Å². The predicted octanol–water partition coefficient (Wildman–Crippen LogP) is 2.56. The zero-order chi connectivity index (χ0) is 16.5. The average Bonchev–Trinajstić information content (AvgIpc) is 3.19. The van der Waals surface area contributed by atoms with E-state index in [1.165, 1.54) is 5.56 Å². The molecule has 1 fully saturated rings. The van der Waals surface area contributed by atoms with E-state index >= 15 is 0 Å². The first-order chi connectivity index (χ1) is 11.7. The number of amides is 3. The van der Waals surface area contributed by atoms with E-state index in [0.717, 1.165) is 17.8 Å². The van der Waals surface area contributed by atoms with Gasteiger partial charge in [-0.05, 0) is 30.2 Å². The van der Waals surface area contributed by atoms with Crippen molar-refractivity contribution >= 4 is 23.3 Å². The number of urea groups is 1. The quantitative estimate of drug-likeness (QED) is 0.924. The van der Waals surface area contributed by atoms with Crippen molar-refractivity contribution in [1.29, 1.82) is 0 Å². The molecule has 2 aromatic carbocycles. The van der Waals surface area contributed by atoms with Gasteiger partial charge in [0.2, 0.25) is 5.91 Å². The van der Waals surface area contributed by atoms with E-state index in [4.69, 9.17) is 0 Å². The summed E-state index contributed by atoms with van der Waals surface area (Å²) < 4.78 is 0. The van der Waals surface area contributed by atoms with Gasteiger partial charge in [0, 0.05) is 30.9 Å². The van der Waals surface area contributed by atoms with Crippen molar-refractivity contribution < 1.29 is 9.59 Å². The number of fused-ring (bicyclic) bond motifs is 1. The Kier molecular flexibility index (Phi) is 3.69. The maximum atomic E-state index is 12.6. The van der Waals surface area contributed by atoms with Gasteiger partial charge < -0.3 is 10.2 Å². The Morgan fingerprint density at radius 2 is 1.79 bits per heavy atom. The summed E-state index contributed by atoms with van der Waals surface area (Å²) in [6.45, 7) is 1.21. The number of nitrogens with zero attached hydrogens (tertiary/aromatic N) is 2. The van der Waals surface area contributed by atoms with Crippen molar-refractivity contribution in [3.63, 3.8) is 0 Å². The van der Waals surface area contributed by atoms with Crippen molar-refractivity contribution in [1.82, 2.24) is 5.32 Å². The van der Waals surface area contributed by atoms with Gasteiger partial charge in [-0.3, -0.25) is 9.69 Å². The molecule has 0 aromatic heterocycles. The molecule has 2 aromatic rings. The van der Waals surface area contributed by atoms with Crippen LogP contribution in [0, 0.1) is 0 Å². The minimum absolute atomic E-state index is 0.0494. The lowest BCUT2D eigenvalue weighted by molar-refractivity contribution is -0.117. The minimum Gasteiger partial charge on any atom is -0.333 e. The van der Waals surface area contributed by atoms with E-state index in [1.807, 2.05) is 48.5 Å². The number of carbonyl (C=O) groups excluding carboxylic acids is 2. The molecule has 0 unspecified atom stereocenters. The number of nitrogens with one attached hydrogen (secondary N) is 1. The van der Waals surface area contributed by atoms with Crippen LogP contribution in [0.1, 0.15) is 12.0 Å². The lowest BCUT2D eigenvalue weighted by Crippen LogP contribution is -2.45. The fourth-order valence-corrected chi connectivity index (χ4v) is 3.46. The molecule has 0 saturated carbocycles. The van der Waals surface area contributed by atoms with Crippen molar-refractivity contribution in [3.05, 3.63) is 60.2 Å². The summed E-state index contributed by atoms with van der Waals surface area (Å²) in [5.41, 5.74) is 3.05. The van der Waals surface area contributed by atoms with Crippen LogP contribution in [0.2, 0.25) is 0 Å². The highest BCUT2D eigenvalue weighted by molar-refractivity contribution is 5.98. The highest BCUT2D eigenvalue weighted by Crippen LogP contribution is 2.28. The number of para-hydroxylation sites is 2. The van der Waals surface area contributed by atoms with Crippen molar-refractivity contribution in [2.75, 3.05) is 22.9 Å². The first-order valence-electron chi connectivity index (χ1n) is 8.24. The van der Waals surface area contributed by atoms with Crippen LogP contribution in [0.4, 0.5) is 16.2 Å². The van der Waals surface area contributed by atoms with Crippen molar-refractivity contribution in [2.24, 2.45) is 0 Å². The molecular formula is C19H19N3O2. The molecule has 2 heterocycles. The largest absolute Gasteiger partial charge is 0.333 e. The topological polar surface area (TPSA) is 52.7 Å². The molecular weight excluding hydrogens is 302 g/mol. The summed E-state index contributed by atoms with van der Waals surface area (Å²) in [6, 6.07) is 17.3. The van der Waals surface area contributed by atoms with Crippen molar-refractivity contribution in [3.8, 4) is 0 Å². The van der Waals surface area contributed by atoms with Gasteiger partial charge in [-0.25, -0.2) is 4.79 Å². The Bertz CT molecular complexity index is 775. The summed E-state index contributed by atoms with van der Waals surface area (Å²) in [5.74, 6) is 0.0494. The van der Waals surface area contributed by atoms with Crippen LogP contribution >= 0.6 is 0 Å². The van der Waals surface area contributed by atoms with Crippen molar-refractivity contribution in [2.45, 2.75) is 18.9 Å². The summed E-state index contributed by atoms with van der Waals surface area (Å²) in [4.78, 5) is 28.4. The molecule has 2 aliphatic rings. The average molecular weight is 321 g/mol. The van der Waals surface area contributed by atoms with Crippen LogP contribution in [0.5, 0.6) is 0 Å². The van der Waals surface area contributed by atoms with Gasteiger partial charge in [0.15, 0.2) is 0 Å². The van der Waals surface area contributed by atoms with Gasteiger partial charge in [0.25, 0.3) is 0 Å². The first-order valence-corrected chi connectivity index (χ1v) is 8.24. The minimum atomic E-state index is -0.155. The van der Waals surface area contributed by atoms with Crippen LogP contribution in [0.3, 0.4) is 0 Å². The van der Waals surface area contributed by atoms with Gasteiger partial charge in [0.05, 0.1) is 6.04 Å². The molecule has 5 nitrogen and oxygen atoms in total. The highest BCUT2D eigenvalue weighted by Gasteiger charge is 2.33. The summed E-state index contributed by atoms with van der Waals surface area (Å²) in [6.07, 6.45) is 1.22. The first kappa shape index (κ1) is 14.8. The lowest BCUT2D eigenvalue weighted by atomic mass is 10.2. The van der Waals surface area contributed by atoms with E-state index < -0.39 is 0 Å². The number of benzene rings is 2. The number of rotatable bonds is 2. The second kappa shape index (κ2) is 6.00. The van der Waals surface area contributed by atoms with Crippen LogP contribution < -0.4 is 15.1 Å². The van der Waals surface area contributed by atoms with Crippen LogP contribution in [0.15, 0.2) is 54.6 Å². The van der Waals surface area contributed by atoms with Gasteiger partial charge >= 0.3 is 6.03 Å². The number of hydrogen-bond donors (Lipinski definition) is 1. The SMILES string of the molecule is O=C1C[C@H](NC(=O)N2CCc3ccccc32)CN1c1ccccc1. The second-order valence-electron chi connectivity index (χ2n) is 6.22. The Morgan fingerprint density at radius 3 is 2.62 bits per heavy atom. The Hall–Kier alpha value is -2.82. The van der Waals surface area contributed by atoms with E-state index in [2.05, 4.69) is 11.4 Å². The summed E-state index contributed by atoms with van der Waals surface area (Å²) in [5, 5.41) is 3.02. The molecule has 1 N–H and O–H groups in total. The Morgan fingerprint density at radius 1 is 1.04 bits per heavy atom. The normalized spacial score (nSPS) is 19.5. The smallest absolute Gasteiger partial charge is 0.322 e. The Balaban J connectivity index is 1.44. The Labute approximate surface area is 140 Å². The molecule has 1 atom stereocenters. The van der Waals surface area contributed by atoms with Gasteiger partial charge in [0.1, 0.15) is 0 Å². The molecule has 0 aliphatic carbocycles. The fourth-order valence-electron chi connectivity index (χ4n) is 3.46. The zero-order valence-electron chi connectivity index (χ0n) is 13.3. The second-order valence-corrected chi connectivity index (χ2v) is 6.22. The van der Waals surface area contributed by atoms with E-state index in [9.17, 15) is 9.59 Å². The maximum absolute atomic E-state index is 12.6. The predicted molar refractivity (Wildman–Crippen MR) is 93.2 cm³/mol. The van der Waals surface area contributed by atoms with Crippen LogP contribution in [-0.2, 0) is 11.2 Å². The standard InChI is InChI=1S/C19H19N3O2/c23-18-12-15(13-22(18)16-7-2-1-3-8-16)20-19(24)21-11-10-14-6-4-5-9-17(14)21/h1-9,15H,10-13H2,(H,20,24)/t15-/m0/s1. The number of carbonyl (C=O) groups is 2. The summed E-state index contributed by atoms with van der Waals surface area (Å²) >= 11 is 0. The third-order valence-corrected chi connectivity index (χ3v) is 4.65. The zero-order valence-corrected chi connectivity index (χ0v) is 13.3. The maximum Gasteiger partial charge on any atom is 0.322 e. The number of hydrogen-bond acceptors (Lipinski definition) is 2. The van der Waals surface area contributed by atoms with Gasteiger partial charge in [-0.15, -0.1) is 0 Å². The summed E-state index contributed by atoms with van der Waals surface area (Å²) in [7, 11) is 0. The fraction of sp³-hybridized carbons (Fsp3) is 0.263. The molecule has 0 spiro atoms. The molecule has 0 bridgehead atoms. The third-order valence-electron chi connectivity index (χ3n) is 4.65. The van der Waals surface area contributed by atoms with Crippen LogP contribution in [0.25, 0.3) is 0 Å². The van der Waals surface area contributed by atoms with Gasteiger partial charge in [-0.1, -0.05) is 36.4 Å². The molecule has 24 heavy (non-hydrogen) atoms. The molecule has 2 aliphatic heterocycles. The highest BCUT2D eigenvalue weighted by atomic mass is 16.2. The number of anilines is 2. The molecule has 4 rings (SSSR count). The monoisotopic (exact) mass is 321 g/mol. The van der Waals surface area contributed by atoms with E-state index in [0.29, 0.717) is 19.5 Å². The third kappa shape index (κ3) is 2.62. The lowest BCUT2D eigenvalue weighted by Gasteiger charge is -2.21. The van der Waals surface area contributed by atoms with Crippen LogP contribution in [-0.4, -0.2) is 31.1 Å². The van der Waals surface area contributed by atoms with E-state index in [-0.39, 0.29) is 18.0 Å². The molecule has 5 heteroatoms. The molecule has 122 valence electrons. The molecule has 0 radical (unpaired) electrons. The molecule has 1 saturated heterocycles. The molecule has 3 amide bonds.